The highest BCUT2D eigenvalue weighted by Gasteiger charge is 2.29. The van der Waals surface area contributed by atoms with E-state index in [0.29, 0.717) is 12.6 Å². The van der Waals surface area contributed by atoms with Gasteiger partial charge in [0.05, 0.1) is 13.2 Å². The van der Waals surface area contributed by atoms with E-state index in [4.69, 9.17) is 4.74 Å². The van der Waals surface area contributed by atoms with Gasteiger partial charge in [-0.05, 0) is 43.9 Å². The van der Waals surface area contributed by atoms with Crippen LogP contribution in [0.4, 0.5) is 0 Å². The van der Waals surface area contributed by atoms with E-state index in [9.17, 15) is 5.11 Å². The van der Waals surface area contributed by atoms with E-state index < -0.39 is 0 Å². The summed E-state index contributed by atoms with van der Waals surface area (Å²) in [4.78, 5) is 2.54. The fourth-order valence-electron chi connectivity index (χ4n) is 3.57. The Morgan fingerprint density at radius 2 is 2.14 bits per heavy atom. The Balaban J connectivity index is 1.66. The molecular formula is C17H26N2O2. The first-order valence-electron chi connectivity index (χ1n) is 8.12. The fourth-order valence-corrected chi connectivity index (χ4v) is 3.57. The minimum atomic E-state index is 0.0371. The van der Waals surface area contributed by atoms with Crippen LogP contribution in [-0.2, 0) is 13.2 Å². The number of hydrogen-bond donors (Lipinski definition) is 2. The normalized spacial score (nSPS) is 25.8. The average Bonchev–Trinajstić information content (AvgIpc) is 2.83. The Bertz CT molecular complexity index is 478. The Labute approximate surface area is 127 Å². The van der Waals surface area contributed by atoms with Crippen LogP contribution in [0.3, 0.4) is 0 Å². The first-order valence-corrected chi connectivity index (χ1v) is 8.12. The van der Waals surface area contributed by atoms with Crippen LogP contribution in [0, 0.1) is 0 Å². The van der Waals surface area contributed by atoms with E-state index in [1.807, 2.05) is 13.0 Å². The third kappa shape index (κ3) is 3.57. The number of nitrogens with zero attached hydrogens (tertiary/aromatic N) is 1. The molecule has 116 valence electrons. The van der Waals surface area contributed by atoms with Gasteiger partial charge in [0.1, 0.15) is 5.75 Å². The molecule has 1 aromatic carbocycles. The molecule has 0 saturated carbocycles. The van der Waals surface area contributed by atoms with Crippen LogP contribution in [0.2, 0.25) is 0 Å². The number of hydrogen-bond acceptors (Lipinski definition) is 4. The number of nitrogens with one attached hydrogen (secondary N) is 1. The molecule has 2 heterocycles. The van der Waals surface area contributed by atoms with E-state index in [0.717, 1.165) is 37.0 Å². The molecule has 2 fully saturated rings. The first kappa shape index (κ1) is 14.8. The van der Waals surface area contributed by atoms with Gasteiger partial charge in [0.25, 0.3) is 0 Å². The zero-order valence-corrected chi connectivity index (χ0v) is 12.8. The molecule has 4 nitrogen and oxygen atoms in total. The summed E-state index contributed by atoms with van der Waals surface area (Å²) in [6.45, 7) is 5.90. The molecule has 1 aromatic rings. The number of aliphatic hydroxyl groups excluding tert-OH is 1. The monoisotopic (exact) mass is 290 g/mol. The Morgan fingerprint density at radius 1 is 1.29 bits per heavy atom. The molecular weight excluding hydrogens is 264 g/mol. The van der Waals surface area contributed by atoms with Crippen molar-refractivity contribution in [3.05, 3.63) is 29.3 Å². The predicted octanol–water partition coefficient (Wildman–Crippen LogP) is 1.90. The van der Waals surface area contributed by atoms with Crippen LogP contribution in [-0.4, -0.2) is 41.8 Å². The number of benzene rings is 1. The van der Waals surface area contributed by atoms with Crippen molar-refractivity contribution in [2.24, 2.45) is 0 Å². The molecule has 0 spiro atoms. The van der Waals surface area contributed by atoms with Gasteiger partial charge >= 0.3 is 0 Å². The maximum Gasteiger partial charge on any atom is 0.124 e. The topological polar surface area (TPSA) is 44.7 Å². The van der Waals surface area contributed by atoms with E-state index in [-0.39, 0.29) is 6.61 Å². The molecule has 0 aromatic heterocycles. The summed E-state index contributed by atoms with van der Waals surface area (Å²) < 4.78 is 5.55. The standard InChI is InChI=1S/C17H26N2O2/c1-2-21-17-6-3-13(9-14(17)12-20)10-19-8-7-15-4-5-16(11-19)18-15/h3,6,9,15-16,18,20H,2,4-5,7-8,10-12H2,1H3/t15-,16+/m0/s1. The largest absolute Gasteiger partial charge is 0.494 e. The van der Waals surface area contributed by atoms with Gasteiger partial charge in [-0.3, -0.25) is 4.90 Å². The van der Waals surface area contributed by atoms with Gasteiger partial charge in [-0.1, -0.05) is 6.07 Å². The summed E-state index contributed by atoms with van der Waals surface area (Å²) >= 11 is 0. The maximum absolute atomic E-state index is 9.50. The zero-order valence-electron chi connectivity index (χ0n) is 12.8. The van der Waals surface area contributed by atoms with Crippen molar-refractivity contribution in [3.63, 3.8) is 0 Å². The molecule has 0 radical (unpaired) electrons. The maximum atomic E-state index is 9.50. The molecule has 0 amide bonds. The molecule has 2 saturated heterocycles. The van der Waals surface area contributed by atoms with E-state index in [2.05, 4.69) is 22.3 Å². The Hall–Kier alpha value is -1.10. The van der Waals surface area contributed by atoms with Crippen molar-refractivity contribution in [1.82, 2.24) is 10.2 Å². The lowest BCUT2D eigenvalue weighted by atomic mass is 10.1. The second-order valence-corrected chi connectivity index (χ2v) is 6.19. The minimum Gasteiger partial charge on any atom is -0.494 e. The highest BCUT2D eigenvalue weighted by molar-refractivity contribution is 5.37. The van der Waals surface area contributed by atoms with Crippen LogP contribution < -0.4 is 10.1 Å². The Morgan fingerprint density at radius 3 is 2.95 bits per heavy atom. The van der Waals surface area contributed by atoms with E-state index >= 15 is 0 Å². The van der Waals surface area contributed by atoms with Gasteiger partial charge in [0.2, 0.25) is 0 Å². The zero-order chi connectivity index (χ0) is 14.7. The third-order valence-corrected chi connectivity index (χ3v) is 4.61. The van der Waals surface area contributed by atoms with E-state index in [1.54, 1.807) is 0 Å². The van der Waals surface area contributed by atoms with Crippen molar-refractivity contribution >= 4 is 0 Å². The molecule has 0 unspecified atom stereocenters. The third-order valence-electron chi connectivity index (χ3n) is 4.61. The fraction of sp³-hybridized carbons (Fsp3) is 0.647. The number of fused-ring (bicyclic) bond motifs is 2. The summed E-state index contributed by atoms with van der Waals surface area (Å²) in [5.41, 5.74) is 2.16. The van der Waals surface area contributed by atoms with Gasteiger partial charge in [-0.15, -0.1) is 0 Å². The van der Waals surface area contributed by atoms with Crippen LogP contribution in [0.5, 0.6) is 5.75 Å². The number of ether oxygens (including phenoxy) is 1. The summed E-state index contributed by atoms with van der Waals surface area (Å²) in [6, 6.07) is 7.60. The van der Waals surface area contributed by atoms with Crippen LogP contribution in [0.15, 0.2) is 18.2 Å². The first-order chi connectivity index (χ1) is 10.3. The van der Waals surface area contributed by atoms with Gasteiger partial charge in [-0.25, -0.2) is 0 Å². The molecule has 3 rings (SSSR count). The number of rotatable bonds is 5. The van der Waals surface area contributed by atoms with Crippen molar-refractivity contribution in [3.8, 4) is 5.75 Å². The summed E-state index contributed by atoms with van der Waals surface area (Å²) in [7, 11) is 0. The summed E-state index contributed by atoms with van der Waals surface area (Å²) in [6.07, 6.45) is 3.91. The van der Waals surface area contributed by atoms with Crippen molar-refractivity contribution in [2.75, 3.05) is 19.7 Å². The minimum absolute atomic E-state index is 0.0371. The van der Waals surface area contributed by atoms with Crippen LogP contribution in [0.1, 0.15) is 37.3 Å². The van der Waals surface area contributed by atoms with Crippen molar-refractivity contribution < 1.29 is 9.84 Å². The highest BCUT2D eigenvalue weighted by Crippen LogP contribution is 2.24. The highest BCUT2D eigenvalue weighted by atomic mass is 16.5. The number of likely N-dealkylation sites (tertiary alicyclic amines) is 1. The van der Waals surface area contributed by atoms with Crippen LogP contribution in [0.25, 0.3) is 0 Å². The molecule has 2 N–H and O–H groups in total. The average molecular weight is 290 g/mol. The molecule has 4 heteroatoms. The quantitative estimate of drug-likeness (QED) is 0.869. The molecule has 0 aliphatic carbocycles. The van der Waals surface area contributed by atoms with Crippen molar-refractivity contribution in [1.29, 1.82) is 0 Å². The predicted molar refractivity (Wildman–Crippen MR) is 83.4 cm³/mol. The van der Waals surface area contributed by atoms with Crippen LogP contribution >= 0.6 is 0 Å². The number of aliphatic hydroxyl groups is 1. The lowest BCUT2D eigenvalue weighted by Gasteiger charge is -2.24. The van der Waals surface area contributed by atoms with Gasteiger partial charge < -0.3 is 15.2 Å². The SMILES string of the molecule is CCOc1ccc(CN2CC[C@@H]3CC[C@H](C2)N3)cc1CO. The summed E-state index contributed by atoms with van der Waals surface area (Å²) in [5, 5.41) is 13.2. The molecule has 2 aliphatic heterocycles. The second-order valence-electron chi connectivity index (χ2n) is 6.19. The molecule has 2 atom stereocenters. The lowest BCUT2D eigenvalue weighted by molar-refractivity contribution is 0.249. The molecule has 2 aliphatic rings. The second kappa shape index (κ2) is 6.77. The van der Waals surface area contributed by atoms with Gasteiger partial charge in [0.15, 0.2) is 0 Å². The van der Waals surface area contributed by atoms with Gasteiger partial charge in [-0.2, -0.15) is 0 Å². The lowest BCUT2D eigenvalue weighted by Crippen LogP contribution is -2.34. The smallest absolute Gasteiger partial charge is 0.124 e. The summed E-state index contributed by atoms with van der Waals surface area (Å²) in [5.74, 6) is 0.806. The van der Waals surface area contributed by atoms with Gasteiger partial charge in [0, 0.05) is 37.3 Å². The Kier molecular flexibility index (Phi) is 4.78. The van der Waals surface area contributed by atoms with Crippen molar-refractivity contribution in [2.45, 2.75) is 51.4 Å². The van der Waals surface area contributed by atoms with E-state index in [1.165, 1.54) is 24.8 Å². The molecule has 2 bridgehead atoms. The molecule has 21 heavy (non-hydrogen) atoms.